The van der Waals surface area contributed by atoms with Crippen LogP contribution in [0.1, 0.15) is 25.0 Å². The van der Waals surface area contributed by atoms with E-state index in [1.165, 1.54) is 27.8 Å². The van der Waals surface area contributed by atoms with Crippen LogP contribution in [0.2, 0.25) is 0 Å². The highest BCUT2D eigenvalue weighted by Gasteiger charge is 2.36. The van der Waals surface area contributed by atoms with Crippen molar-refractivity contribution in [1.82, 2.24) is 0 Å². The number of rotatable bonds is 6. The standard InChI is InChI=1S/C49H36N2O/c1-49(2)43-23-13-12-21-38(43)39-27-25-36(31-44(39)49)50(33-15-6-3-7-16-33)37-26-28-40-41-29-30-45(42-22-14-24-46(48(41)42)52-47(40)32-37)51(34-17-8-4-9-18-34)35-19-10-5-11-20-35/h3-32H,1-2H3. The van der Waals surface area contributed by atoms with Gasteiger partial charge in [0.15, 0.2) is 0 Å². The second-order valence-corrected chi connectivity index (χ2v) is 14.2. The van der Waals surface area contributed by atoms with Gasteiger partial charge in [-0.15, -0.1) is 0 Å². The lowest BCUT2D eigenvalue weighted by atomic mass is 9.82. The number of nitrogens with zero attached hydrogens (tertiary/aromatic N) is 2. The molecule has 2 aliphatic rings. The largest absolute Gasteiger partial charge is 0.456 e. The van der Waals surface area contributed by atoms with E-state index in [0.29, 0.717) is 0 Å². The van der Waals surface area contributed by atoms with Crippen LogP contribution in [0, 0.1) is 0 Å². The van der Waals surface area contributed by atoms with Gasteiger partial charge in [0, 0.05) is 56.3 Å². The van der Waals surface area contributed by atoms with Crippen molar-refractivity contribution in [2.45, 2.75) is 19.3 Å². The fraction of sp³-hybridized carbons (Fsp3) is 0.0612. The first-order valence-corrected chi connectivity index (χ1v) is 17.9. The van der Waals surface area contributed by atoms with Crippen LogP contribution in [0.4, 0.5) is 34.1 Å². The molecule has 1 heterocycles. The first kappa shape index (κ1) is 30.3. The Balaban J connectivity index is 1.10. The average Bonchev–Trinajstić information content (AvgIpc) is 3.42. The lowest BCUT2D eigenvalue weighted by Crippen LogP contribution is -2.16. The van der Waals surface area contributed by atoms with Crippen LogP contribution in [0.25, 0.3) is 33.0 Å². The Bertz CT molecular complexity index is 2590. The van der Waals surface area contributed by atoms with Crippen LogP contribution in [0.15, 0.2) is 182 Å². The predicted molar refractivity (Wildman–Crippen MR) is 216 cm³/mol. The van der Waals surface area contributed by atoms with Gasteiger partial charge in [-0.25, -0.2) is 0 Å². The third-order valence-electron chi connectivity index (χ3n) is 10.8. The molecule has 1 aliphatic carbocycles. The summed E-state index contributed by atoms with van der Waals surface area (Å²) >= 11 is 0. The van der Waals surface area contributed by atoms with Crippen LogP contribution in [0.3, 0.4) is 0 Å². The minimum Gasteiger partial charge on any atom is -0.456 e. The molecule has 10 rings (SSSR count). The second-order valence-electron chi connectivity index (χ2n) is 14.2. The van der Waals surface area contributed by atoms with Crippen LogP contribution in [0.5, 0.6) is 11.5 Å². The van der Waals surface area contributed by atoms with Gasteiger partial charge >= 0.3 is 0 Å². The van der Waals surface area contributed by atoms with Crippen LogP contribution in [-0.4, -0.2) is 0 Å². The van der Waals surface area contributed by atoms with Crippen molar-refractivity contribution in [2.75, 3.05) is 9.80 Å². The molecule has 0 radical (unpaired) electrons. The normalized spacial score (nSPS) is 13.1. The molecule has 0 bridgehead atoms. The Morgan fingerprint density at radius 2 is 0.942 bits per heavy atom. The molecule has 52 heavy (non-hydrogen) atoms. The lowest BCUT2D eigenvalue weighted by Gasteiger charge is -2.30. The Kier molecular flexibility index (Phi) is 6.84. The smallest absolute Gasteiger partial charge is 0.137 e. The van der Waals surface area contributed by atoms with Crippen molar-refractivity contribution in [2.24, 2.45) is 0 Å². The van der Waals surface area contributed by atoms with Gasteiger partial charge in [0.1, 0.15) is 11.5 Å². The van der Waals surface area contributed by atoms with Gasteiger partial charge in [0.05, 0.1) is 5.69 Å². The number of ether oxygens (including phenoxy) is 1. The van der Waals surface area contributed by atoms with E-state index in [4.69, 9.17) is 4.74 Å². The zero-order chi connectivity index (χ0) is 34.8. The molecule has 0 unspecified atom stereocenters. The highest BCUT2D eigenvalue weighted by molar-refractivity contribution is 6.11. The van der Waals surface area contributed by atoms with Crippen molar-refractivity contribution in [3.8, 4) is 33.8 Å². The SMILES string of the molecule is CC1(C)c2ccccc2-c2ccc(N(c3ccccc3)c3ccc4c(c3)Oc3cccc5c(N(c6ccccc6)c6ccccc6)ccc-4c35)cc21. The lowest BCUT2D eigenvalue weighted by molar-refractivity contribution is 0.487. The maximum atomic E-state index is 6.86. The topological polar surface area (TPSA) is 15.7 Å². The summed E-state index contributed by atoms with van der Waals surface area (Å²) in [6.45, 7) is 4.67. The third kappa shape index (κ3) is 4.66. The Hall–Kier alpha value is -6.58. The van der Waals surface area contributed by atoms with E-state index < -0.39 is 0 Å². The minimum absolute atomic E-state index is 0.0961. The summed E-state index contributed by atoms with van der Waals surface area (Å²) in [4.78, 5) is 4.68. The van der Waals surface area contributed by atoms with Gasteiger partial charge in [-0.1, -0.05) is 117 Å². The molecule has 0 fully saturated rings. The van der Waals surface area contributed by atoms with Gasteiger partial charge < -0.3 is 14.5 Å². The van der Waals surface area contributed by atoms with Crippen LogP contribution >= 0.6 is 0 Å². The van der Waals surface area contributed by atoms with E-state index in [1.807, 2.05) is 0 Å². The van der Waals surface area contributed by atoms with E-state index >= 15 is 0 Å². The van der Waals surface area contributed by atoms with Crippen molar-refractivity contribution in [3.63, 3.8) is 0 Å². The highest BCUT2D eigenvalue weighted by atomic mass is 16.5. The molecule has 8 aromatic carbocycles. The predicted octanol–water partition coefficient (Wildman–Crippen LogP) is 13.9. The number of hydrogen-bond donors (Lipinski definition) is 0. The number of para-hydroxylation sites is 3. The molecular formula is C49H36N2O. The highest BCUT2D eigenvalue weighted by Crippen LogP contribution is 2.53. The van der Waals surface area contributed by atoms with E-state index in [-0.39, 0.29) is 5.41 Å². The van der Waals surface area contributed by atoms with Crippen molar-refractivity contribution < 1.29 is 4.74 Å². The van der Waals surface area contributed by atoms with Gasteiger partial charge in [0.2, 0.25) is 0 Å². The van der Waals surface area contributed by atoms with E-state index in [1.54, 1.807) is 0 Å². The molecule has 3 nitrogen and oxygen atoms in total. The summed E-state index contributed by atoms with van der Waals surface area (Å²) in [5, 5.41) is 2.27. The molecule has 248 valence electrons. The van der Waals surface area contributed by atoms with Crippen LogP contribution in [-0.2, 0) is 5.41 Å². The van der Waals surface area contributed by atoms with Crippen molar-refractivity contribution >= 4 is 44.9 Å². The first-order chi connectivity index (χ1) is 25.6. The number of anilines is 6. The van der Waals surface area contributed by atoms with Crippen LogP contribution < -0.4 is 14.5 Å². The summed E-state index contributed by atoms with van der Waals surface area (Å²) in [6, 6.07) is 65.1. The Morgan fingerprint density at radius 1 is 0.385 bits per heavy atom. The maximum absolute atomic E-state index is 6.86. The number of benzene rings is 8. The molecule has 0 N–H and O–H groups in total. The zero-order valence-electron chi connectivity index (χ0n) is 29.1. The monoisotopic (exact) mass is 668 g/mol. The summed E-state index contributed by atoms with van der Waals surface area (Å²) in [6.07, 6.45) is 0. The molecule has 1 aliphatic heterocycles. The molecule has 0 saturated heterocycles. The van der Waals surface area contributed by atoms with Gasteiger partial charge in [0.25, 0.3) is 0 Å². The third-order valence-corrected chi connectivity index (χ3v) is 10.8. The average molecular weight is 669 g/mol. The Labute approximate surface area is 304 Å². The fourth-order valence-corrected chi connectivity index (χ4v) is 8.37. The van der Waals surface area contributed by atoms with Gasteiger partial charge in [-0.2, -0.15) is 0 Å². The minimum atomic E-state index is -0.0961. The molecule has 0 aromatic heterocycles. The van der Waals surface area contributed by atoms with E-state index in [2.05, 4.69) is 206 Å². The van der Waals surface area contributed by atoms with Gasteiger partial charge in [-0.3, -0.25) is 0 Å². The molecule has 0 atom stereocenters. The summed E-state index contributed by atoms with van der Waals surface area (Å²) in [7, 11) is 0. The maximum Gasteiger partial charge on any atom is 0.137 e. The summed E-state index contributed by atoms with van der Waals surface area (Å²) in [5.74, 6) is 1.71. The summed E-state index contributed by atoms with van der Waals surface area (Å²) < 4.78 is 6.86. The molecule has 0 spiro atoms. The number of fused-ring (bicyclic) bond motifs is 5. The van der Waals surface area contributed by atoms with Gasteiger partial charge in [-0.05, 0) is 101 Å². The van der Waals surface area contributed by atoms with Crippen molar-refractivity contribution in [3.05, 3.63) is 193 Å². The first-order valence-electron chi connectivity index (χ1n) is 17.9. The van der Waals surface area contributed by atoms with Crippen molar-refractivity contribution in [1.29, 1.82) is 0 Å². The zero-order valence-corrected chi connectivity index (χ0v) is 29.1. The van der Waals surface area contributed by atoms with E-state index in [9.17, 15) is 0 Å². The Morgan fingerprint density at radius 3 is 1.63 bits per heavy atom. The number of hydrogen-bond acceptors (Lipinski definition) is 3. The molecule has 8 aromatic rings. The van der Waals surface area contributed by atoms with E-state index in [0.717, 1.165) is 62.0 Å². The second kappa shape index (κ2) is 11.8. The molecule has 0 saturated carbocycles. The molecule has 3 heteroatoms. The fourth-order valence-electron chi connectivity index (χ4n) is 8.37. The molecule has 0 amide bonds. The summed E-state index contributed by atoms with van der Waals surface area (Å²) in [5.41, 5.74) is 14.1. The quantitative estimate of drug-likeness (QED) is 0.175. The molecular weight excluding hydrogens is 633 g/mol.